The number of nitrogens with zero attached hydrogens (tertiary/aromatic N) is 1. The van der Waals surface area contributed by atoms with Crippen molar-refractivity contribution in [3.8, 4) is 11.5 Å². The maximum atomic E-state index is 11.0. The van der Waals surface area contributed by atoms with Gasteiger partial charge < -0.3 is 14.6 Å². The lowest BCUT2D eigenvalue weighted by molar-refractivity contribution is -0.147. The number of likely N-dealkylation sites (tertiary alicyclic amines) is 1. The summed E-state index contributed by atoms with van der Waals surface area (Å²) in [5, 5.41) is 9.06. The summed E-state index contributed by atoms with van der Waals surface area (Å²) in [4.78, 5) is 13.3. The van der Waals surface area contributed by atoms with Crippen molar-refractivity contribution in [2.75, 3.05) is 33.4 Å². The Bertz CT molecular complexity index is 958. The molecule has 2 aromatic rings. The Morgan fingerprint density at radius 1 is 1.10 bits per heavy atom. The van der Waals surface area contributed by atoms with Crippen LogP contribution in [0.1, 0.15) is 36.5 Å². The average Bonchev–Trinajstić information content (AvgIpc) is 2.75. The number of rotatable bonds is 9. The number of carbonyl (C=O) groups is 1. The standard InChI is InChI=1S/C26H31NO4/c1-18-21(15-27-16-22(17-27)26(28)29)8-7-20-14-24(11-12-25(18)20)31-13-3-4-19-5-9-23(30-2)10-6-19/h5-6,9-12,14,22H,3-4,7-8,13,15-17H2,1-2H3,(H,28,29). The summed E-state index contributed by atoms with van der Waals surface area (Å²) >= 11 is 0. The molecule has 0 spiro atoms. The number of benzene rings is 2. The van der Waals surface area contributed by atoms with Gasteiger partial charge >= 0.3 is 5.97 Å². The molecule has 0 aromatic heterocycles. The number of ether oxygens (including phenoxy) is 2. The van der Waals surface area contributed by atoms with Crippen LogP contribution in [0.5, 0.6) is 11.5 Å². The van der Waals surface area contributed by atoms with Crippen LogP contribution in [0.4, 0.5) is 0 Å². The fourth-order valence-corrected chi connectivity index (χ4v) is 4.48. The average molecular weight is 422 g/mol. The van der Waals surface area contributed by atoms with Crippen LogP contribution in [0.15, 0.2) is 48.0 Å². The summed E-state index contributed by atoms with van der Waals surface area (Å²) in [6.07, 6.45) is 4.01. The minimum absolute atomic E-state index is 0.193. The monoisotopic (exact) mass is 421 g/mol. The highest BCUT2D eigenvalue weighted by Crippen LogP contribution is 2.34. The Morgan fingerprint density at radius 3 is 2.55 bits per heavy atom. The van der Waals surface area contributed by atoms with E-state index in [2.05, 4.69) is 42.2 Å². The SMILES string of the molecule is COc1ccc(CCCOc2ccc3c(c2)CCC(CN2CC(C(=O)O)C2)=C3C)cc1. The molecule has 0 atom stereocenters. The highest BCUT2D eigenvalue weighted by Gasteiger charge is 2.33. The van der Waals surface area contributed by atoms with E-state index in [0.29, 0.717) is 19.7 Å². The minimum atomic E-state index is -0.674. The number of fused-ring (bicyclic) bond motifs is 1. The molecule has 0 bridgehead atoms. The summed E-state index contributed by atoms with van der Waals surface area (Å²) in [5.41, 5.74) is 6.72. The number of methoxy groups -OCH3 is 1. The minimum Gasteiger partial charge on any atom is -0.497 e. The molecular formula is C26H31NO4. The maximum Gasteiger partial charge on any atom is 0.309 e. The number of allylic oxidation sites excluding steroid dienone is 1. The summed E-state index contributed by atoms with van der Waals surface area (Å²) in [7, 11) is 1.68. The van der Waals surface area contributed by atoms with E-state index in [4.69, 9.17) is 14.6 Å². The van der Waals surface area contributed by atoms with Gasteiger partial charge in [-0.3, -0.25) is 9.69 Å². The second-order valence-electron chi connectivity index (χ2n) is 8.58. The molecular weight excluding hydrogens is 390 g/mol. The van der Waals surface area contributed by atoms with Crippen LogP contribution in [0.2, 0.25) is 0 Å². The Kier molecular flexibility index (Phi) is 6.62. The summed E-state index contributed by atoms with van der Waals surface area (Å²) in [5.74, 6) is 0.960. The van der Waals surface area contributed by atoms with Crippen molar-refractivity contribution in [2.24, 2.45) is 5.92 Å². The first-order chi connectivity index (χ1) is 15.0. The zero-order valence-electron chi connectivity index (χ0n) is 18.4. The highest BCUT2D eigenvalue weighted by molar-refractivity contribution is 5.73. The molecule has 1 N–H and O–H groups in total. The van der Waals surface area contributed by atoms with Crippen molar-refractivity contribution in [3.63, 3.8) is 0 Å². The number of hydrogen-bond acceptors (Lipinski definition) is 4. The molecule has 1 aliphatic carbocycles. The van der Waals surface area contributed by atoms with Gasteiger partial charge in [-0.15, -0.1) is 0 Å². The van der Waals surface area contributed by atoms with Gasteiger partial charge in [-0.2, -0.15) is 0 Å². The number of aliphatic carboxylic acids is 1. The van der Waals surface area contributed by atoms with E-state index >= 15 is 0 Å². The van der Waals surface area contributed by atoms with Crippen molar-refractivity contribution in [1.29, 1.82) is 0 Å². The van der Waals surface area contributed by atoms with Crippen LogP contribution in [-0.4, -0.2) is 49.3 Å². The molecule has 5 nitrogen and oxygen atoms in total. The van der Waals surface area contributed by atoms with Crippen LogP contribution in [-0.2, 0) is 17.6 Å². The normalized spacial score (nSPS) is 16.6. The molecule has 0 amide bonds. The predicted molar refractivity (Wildman–Crippen MR) is 122 cm³/mol. The number of carboxylic acids is 1. The fraction of sp³-hybridized carbons (Fsp3) is 0.423. The molecule has 0 unspecified atom stereocenters. The van der Waals surface area contributed by atoms with Gasteiger partial charge in [0.2, 0.25) is 0 Å². The van der Waals surface area contributed by atoms with E-state index in [1.165, 1.54) is 27.8 Å². The first-order valence-electron chi connectivity index (χ1n) is 11.1. The zero-order chi connectivity index (χ0) is 21.8. The second kappa shape index (κ2) is 9.56. The summed E-state index contributed by atoms with van der Waals surface area (Å²) in [6.45, 7) is 5.12. The van der Waals surface area contributed by atoms with Crippen molar-refractivity contribution < 1.29 is 19.4 Å². The Hall–Kier alpha value is -2.79. The molecule has 1 fully saturated rings. The van der Waals surface area contributed by atoms with Crippen LogP contribution in [0, 0.1) is 5.92 Å². The quantitative estimate of drug-likeness (QED) is 0.607. The molecule has 164 valence electrons. The van der Waals surface area contributed by atoms with Crippen molar-refractivity contribution in [1.82, 2.24) is 4.90 Å². The first kappa shape index (κ1) is 21.4. The predicted octanol–water partition coefficient (Wildman–Crippen LogP) is 4.44. The van der Waals surface area contributed by atoms with Gasteiger partial charge in [-0.1, -0.05) is 23.8 Å². The Labute approximate surface area is 184 Å². The third kappa shape index (κ3) is 5.10. The topological polar surface area (TPSA) is 59.0 Å². The molecule has 1 heterocycles. The van der Waals surface area contributed by atoms with Crippen molar-refractivity contribution >= 4 is 11.5 Å². The van der Waals surface area contributed by atoms with E-state index in [1.807, 2.05) is 12.1 Å². The van der Waals surface area contributed by atoms with E-state index in [9.17, 15) is 4.79 Å². The van der Waals surface area contributed by atoms with Crippen LogP contribution in [0.3, 0.4) is 0 Å². The summed E-state index contributed by atoms with van der Waals surface area (Å²) < 4.78 is 11.2. The van der Waals surface area contributed by atoms with Gasteiger partial charge in [0.25, 0.3) is 0 Å². The number of carboxylic acid groups (broad SMARTS) is 1. The molecule has 2 aromatic carbocycles. The van der Waals surface area contributed by atoms with Gasteiger partial charge in [0.05, 0.1) is 19.6 Å². The smallest absolute Gasteiger partial charge is 0.309 e. The van der Waals surface area contributed by atoms with Gasteiger partial charge in [-0.25, -0.2) is 0 Å². The maximum absolute atomic E-state index is 11.0. The summed E-state index contributed by atoms with van der Waals surface area (Å²) in [6, 6.07) is 14.6. The van der Waals surface area contributed by atoms with Gasteiger partial charge in [0.1, 0.15) is 11.5 Å². The lowest BCUT2D eigenvalue weighted by Gasteiger charge is -2.38. The molecule has 1 saturated heterocycles. The van der Waals surface area contributed by atoms with Crippen molar-refractivity contribution in [2.45, 2.75) is 32.6 Å². The number of aryl methyl sites for hydroxylation is 2. The van der Waals surface area contributed by atoms with Crippen molar-refractivity contribution in [3.05, 3.63) is 64.7 Å². The Morgan fingerprint density at radius 2 is 1.84 bits per heavy atom. The molecule has 5 heteroatoms. The largest absolute Gasteiger partial charge is 0.497 e. The second-order valence-corrected chi connectivity index (χ2v) is 8.58. The lowest BCUT2D eigenvalue weighted by atomic mass is 9.85. The third-order valence-electron chi connectivity index (χ3n) is 6.47. The third-order valence-corrected chi connectivity index (χ3v) is 6.47. The van der Waals surface area contributed by atoms with Gasteiger partial charge in [0, 0.05) is 19.6 Å². The molecule has 0 radical (unpaired) electrons. The first-order valence-corrected chi connectivity index (χ1v) is 11.1. The molecule has 31 heavy (non-hydrogen) atoms. The highest BCUT2D eigenvalue weighted by atomic mass is 16.5. The van der Waals surface area contributed by atoms with Crippen LogP contribution >= 0.6 is 0 Å². The molecule has 0 saturated carbocycles. The van der Waals surface area contributed by atoms with Gasteiger partial charge in [0.15, 0.2) is 0 Å². The van der Waals surface area contributed by atoms with E-state index < -0.39 is 5.97 Å². The number of hydrogen-bond donors (Lipinski definition) is 1. The van der Waals surface area contributed by atoms with E-state index in [1.54, 1.807) is 7.11 Å². The molecule has 2 aliphatic rings. The van der Waals surface area contributed by atoms with E-state index in [-0.39, 0.29) is 5.92 Å². The Balaban J connectivity index is 1.29. The lowest BCUT2D eigenvalue weighted by Crippen LogP contribution is -2.50. The molecule has 1 aliphatic heterocycles. The molecule has 4 rings (SSSR count). The zero-order valence-corrected chi connectivity index (χ0v) is 18.4. The van der Waals surface area contributed by atoms with Crippen LogP contribution < -0.4 is 9.47 Å². The van der Waals surface area contributed by atoms with E-state index in [0.717, 1.165) is 43.7 Å². The van der Waals surface area contributed by atoms with Crippen LogP contribution in [0.25, 0.3) is 5.57 Å². The fourth-order valence-electron chi connectivity index (χ4n) is 4.48. The van der Waals surface area contributed by atoms with Gasteiger partial charge in [-0.05, 0) is 79.1 Å².